The molecule has 0 aliphatic rings. The highest BCUT2D eigenvalue weighted by atomic mass is 16.3. The molecule has 10 aromatic carbocycles. The Hall–Kier alpha value is -7.42. The quantitative estimate of drug-likeness (QED) is 0.160. The number of hydrogen-bond donors (Lipinski definition) is 0. The molecule has 0 radical (unpaired) electrons. The topological polar surface area (TPSA) is 16.4 Å². The maximum absolute atomic E-state index is 6.39. The molecule has 0 fully saturated rings. The fourth-order valence-electron chi connectivity index (χ4n) is 8.51. The molecule has 11 aromatic rings. The highest BCUT2D eigenvalue weighted by molar-refractivity contribution is 6.13. The van der Waals surface area contributed by atoms with E-state index in [1.54, 1.807) is 0 Å². The van der Waals surface area contributed by atoms with E-state index in [0.29, 0.717) is 0 Å². The molecule has 1 aromatic heterocycles. The molecule has 0 bridgehead atoms. The lowest BCUT2D eigenvalue weighted by atomic mass is 9.96. The molecule has 0 saturated carbocycles. The van der Waals surface area contributed by atoms with E-state index in [1.165, 1.54) is 60.1 Å². The lowest BCUT2D eigenvalue weighted by Crippen LogP contribution is -2.10. The standard InChI is InChI=1S/C54H35NO/c1-3-15-46-38(10-1)12-8-18-48(46)40-24-22-36(23-25-40)37-28-31-44(32-29-37)55(51-19-9-21-53-54(51)50-17-5-6-20-52(50)56-53)45-14-7-13-41(35-45)42-30-33-49-43(34-42)27-26-39-11-2-4-16-47(39)49/h1-35H. The highest BCUT2D eigenvalue weighted by Crippen LogP contribution is 2.44. The summed E-state index contributed by atoms with van der Waals surface area (Å²) in [6.07, 6.45) is 0. The number of furan rings is 1. The number of nitrogens with zero attached hydrogens (tertiary/aromatic N) is 1. The zero-order chi connectivity index (χ0) is 37.0. The van der Waals surface area contributed by atoms with Crippen LogP contribution in [0, 0.1) is 0 Å². The van der Waals surface area contributed by atoms with Crippen LogP contribution in [-0.2, 0) is 0 Å². The normalized spacial score (nSPS) is 11.6. The van der Waals surface area contributed by atoms with Crippen LogP contribution in [-0.4, -0.2) is 0 Å². The van der Waals surface area contributed by atoms with E-state index >= 15 is 0 Å². The molecule has 56 heavy (non-hydrogen) atoms. The lowest BCUT2D eigenvalue weighted by molar-refractivity contribution is 0.669. The smallest absolute Gasteiger partial charge is 0.137 e. The van der Waals surface area contributed by atoms with Crippen molar-refractivity contribution >= 4 is 71.3 Å². The minimum atomic E-state index is 0.870. The third kappa shape index (κ3) is 5.42. The number of anilines is 3. The van der Waals surface area contributed by atoms with Crippen LogP contribution in [0.25, 0.3) is 87.6 Å². The van der Waals surface area contributed by atoms with Crippen LogP contribution in [0.3, 0.4) is 0 Å². The third-order valence-corrected chi connectivity index (χ3v) is 11.2. The molecule has 0 aliphatic heterocycles. The number of fused-ring (bicyclic) bond motifs is 7. The van der Waals surface area contributed by atoms with Gasteiger partial charge in [-0.25, -0.2) is 0 Å². The summed E-state index contributed by atoms with van der Waals surface area (Å²) in [7, 11) is 0. The van der Waals surface area contributed by atoms with Gasteiger partial charge in [0.15, 0.2) is 0 Å². The fourth-order valence-corrected chi connectivity index (χ4v) is 8.51. The van der Waals surface area contributed by atoms with Crippen molar-refractivity contribution in [3.63, 3.8) is 0 Å². The van der Waals surface area contributed by atoms with Gasteiger partial charge in [-0.1, -0.05) is 164 Å². The number of para-hydroxylation sites is 1. The van der Waals surface area contributed by atoms with E-state index in [2.05, 4.69) is 205 Å². The first-order chi connectivity index (χ1) is 27.7. The Bertz CT molecular complexity index is 3240. The van der Waals surface area contributed by atoms with Gasteiger partial charge in [-0.15, -0.1) is 0 Å². The minimum Gasteiger partial charge on any atom is -0.456 e. The SMILES string of the molecule is c1cc(-c2ccc3c(ccc4ccccc43)c2)cc(N(c2ccc(-c3ccc(-c4cccc5ccccc45)cc3)cc2)c2cccc3oc4ccccc4c23)c1. The van der Waals surface area contributed by atoms with Gasteiger partial charge < -0.3 is 9.32 Å². The summed E-state index contributed by atoms with van der Waals surface area (Å²) in [6.45, 7) is 0. The predicted molar refractivity (Wildman–Crippen MR) is 237 cm³/mol. The van der Waals surface area contributed by atoms with Gasteiger partial charge in [0.2, 0.25) is 0 Å². The van der Waals surface area contributed by atoms with Crippen molar-refractivity contribution in [2.24, 2.45) is 0 Å². The molecule has 262 valence electrons. The van der Waals surface area contributed by atoms with Gasteiger partial charge in [0.05, 0.1) is 11.1 Å². The second-order valence-electron chi connectivity index (χ2n) is 14.5. The molecule has 11 rings (SSSR count). The van der Waals surface area contributed by atoms with Gasteiger partial charge in [-0.2, -0.15) is 0 Å². The summed E-state index contributed by atoms with van der Waals surface area (Å²) < 4.78 is 6.39. The molecule has 0 aliphatic carbocycles. The van der Waals surface area contributed by atoms with Crippen molar-refractivity contribution in [3.8, 4) is 33.4 Å². The first kappa shape index (κ1) is 32.0. The Morgan fingerprint density at radius 2 is 0.875 bits per heavy atom. The maximum atomic E-state index is 6.39. The van der Waals surface area contributed by atoms with Crippen molar-refractivity contribution in [1.82, 2.24) is 0 Å². The Labute approximate surface area is 325 Å². The van der Waals surface area contributed by atoms with E-state index in [0.717, 1.165) is 44.6 Å². The molecular formula is C54H35NO. The fraction of sp³-hybridized carbons (Fsp3) is 0. The Morgan fingerprint density at radius 1 is 0.304 bits per heavy atom. The van der Waals surface area contributed by atoms with Crippen LogP contribution in [0.15, 0.2) is 217 Å². The zero-order valence-electron chi connectivity index (χ0n) is 30.6. The summed E-state index contributed by atoms with van der Waals surface area (Å²) in [6, 6.07) is 76.5. The first-order valence-corrected chi connectivity index (χ1v) is 19.2. The molecule has 0 atom stereocenters. The molecule has 0 unspecified atom stereocenters. The van der Waals surface area contributed by atoms with Gasteiger partial charge in [-0.3, -0.25) is 0 Å². The molecule has 0 amide bonds. The molecule has 2 heteroatoms. The summed E-state index contributed by atoms with van der Waals surface area (Å²) in [5, 5.41) is 9.76. The number of hydrogen-bond acceptors (Lipinski definition) is 2. The van der Waals surface area contributed by atoms with Gasteiger partial charge in [-0.05, 0) is 114 Å². The number of benzene rings is 10. The van der Waals surface area contributed by atoms with E-state index in [1.807, 2.05) is 12.1 Å². The van der Waals surface area contributed by atoms with Gasteiger partial charge in [0, 0.05) is 16.8 Å². The molecule has 0 spiro atoms. The van der Waals surface area contributed by atoms with E-state index in [9.17, 15) is 0 Å². The van der Waals surface area contributed by atoms with Crippen molar-refractivity contribution in [2.45, 2.75) is 0 Å². The van der Waals surface area contributed by atoms with Crippen LogP contribution in [0.4, 0.5) is 17.1 Å². The van der Waals surface area contributed by atoms with Crippen LogP contribution < -0.4 is 4.90 Å². The van der Waals surface area contributed by atoms with Crippen molar-refractivity contribution in [2.75, 3.05) is 4.90 Å². The summed E-state index contributed by atoms with van der Waals surface area (Å²) in [5.74, 6) is 0. The highest BCUT2D eigenvalue weighted by Gasteiger charge is 2.20. The Kier molecular flexibility index (Phi) is 7.53. The molecule has 0 saturated heterocycles. The van der Waals surface area contributed by atoms with Crippen molar-refractivity contribution in [3.05, 3.63) is 212 Å². The predicted octanol–water partition coefficient (Wildman–Crippen LogP) is 15.5. The number of rotatable bonds is 6. The second kappa shape index (κ2) is 13.2. The zero-order valence-corrected chi connectivity index (χ0v) is 30.6. The molecule has 0 N–H and O–H groups in total. The lowest BCUT2D eigenvalue weighted by Gasteiger charge is -2.27. The summed E-state index contributed by atoms with van der Waals surface area (Å²) in [4.78, 5) is 2.37. The van der Waals surface area contributed by atoms with Crippen LogP contribution in [0.5, 0.6) is 0 Å². The molecule has 1 heterocycles. The maximum Gasteiger partial charge on any atom is 0.137 e. The largest absolute Gasteiger partial charge is 0.456 e. The van der Waals surface area contributed by atoms with Gasteiger partial charge in [0.25, 0.3) is 0 Å². The van der Waals surface area contributed by atoms with Crippen LogP contribution >= 0.6 is 0 Å². The van der Waals surface area contributed by atoms with Crippen molar-refractivity contribution < 1.29 is 4.42 Å². The molecular weight excluding hydrogens is 679 g/mol. The van der Waals surface area contributed by atoms with Gasteiger partial charge in [0.1, 0.15) is 11.2 Å². The van der Waals surface area contributed by atoms with Crippen LogP contribution in [0.2, 0.25) is 0 Å². The van der Waals surface area contributed by atoms with Gasteiger partial charge >= 0.3 is 0 Å². The minimum absolute atomic E-state index is 0.870. The van der Waals surface area contributed by atoms with E-state index < -0.39 is 0 Å². The van der Waals surface area contributed by atoms with E-state index in [4.69, 9.17) is 4.42 Å². The Balaban J connectivity index is 1.01. The Morgan fingerprint density at radius 3 is 1.71 bits per heavy atom. The average Bonchev–Trinajstić information content (AvgIpc) is 3.66. The van der Waals surface area contributed by atoms with Crippen LogP contribution in [0.1, 0.15) is 0 Å². The van der Waals surface area contributed by atoms with E-state index in [-0.39, 0.29) is 0 Å². The average molecular weight is 714 g/mol. The molecule has 2 nitrogen and oxygen atoms in total. The summed E-state index contributed by atoms with van der Waals surface area (Å²) >= 11 is 0. The third-order valence-electron chi connectivity index (χ3n) is 11.2. The second-order valence-corrected chi connectivity index (χ2v) is 14.5. The first-order valence-electron chi connectivity index (χ1n) is 19.2. The monoisotopic (exact) mass is 713 g/mol. The van der Waals surface area contributed by atoms with Crippen molar-refractivity contribution in [1.29, 1.82) is 0 Å². The summed E-state index contributed by atoms with van der Waals surface area (Å²) in [5.41, 5.74) is 12.1.